The summed E-state index contributed by atoms with van der Waals surface area (Å²) in [6.07, 6.45) is 4.19. The quantitative estimate of drug-likeness (QED) is 0.805. The van der Waals surface area contributed by atoms with Gasteiger partial charge in [-0.3, -0.25) is 4.79 Å². The van der Waals surface area contributed by atoms with Crippen LogP contribution in [-0.4, -0.2) is 33.9 Å². The van der Waals surface area contributed by atoms with Gasteiger partial charge in [0.15, 0.2) is 0 Å². The second-order valence-corrected chi connectivity index (χ2v) is 5.49. The standard InChI is InChI=1S/C11H13N5OS2/c1-18-10-7(3-2-5-14-10)9(17)13-6-4-8-15-16-11(12)19-8/h2-3,5H,4,6H2,1H3,(H2,12,16)(H,13,17). The first-order valence-electron chi connectivity index (χ1n) is 5.55. The summed E-state index contributed by atoms with van der Waals surface area (Å²) in [4.78, 5) is 16.2. The average molecular weight is 295 g/mol. The molecule has 100 valence electrons. The number of amides is 1. The van der Waals surface area contributed by atoms with E-state index >= 15 is 0 Å². The molecule has 0 aliphatic rings. The second-order valence-electron chi connectivity index (χ2n) is 3.60. The van der Waals surface area contributed by atoms with Crippen molar-refractivity contribution in [2.45, 2.75) is 11.4 Å². The van der Waals surface area contributed by atoms with E-state index in [2.05, 4.69) is 20.5 Å². The number of nitrogens with one attached hydrogen (secondary N) is 1. The minimum Gasteiger partial charge on any atom is -0.374 e. The number of carbonyl (C=O) groups excluding carboxylic acids is 1. The van der Waals surface area contributed by atoms with E-state index < -0.39 is 0 Å². The monoisotopic (exact) mass is 295 g/mol. The van der Waals surface area contributed by atoms with Crippen LogP contribution in [0.15, 0.2) is 23.4 Å². The highest BCUT2D eigenvalue weighted by atomic mass is 32.2. The van der Waals surface area contributed by atoms with Crippen molar-refractivity contribution >= 4 is 34.1 Å². The van der Waals surface area contributed by atoms with E-state index in [1.807, 2.05) is 6.26 Å². The second kappa shape index (κ2) is 6.48. The molecule has 3 N–H and O–H groups in total. The van der Waals surface area contributed by atoms with Gasteiger partial charge in [-0.2, -0.15) is 0 Å². The normalized spacial score (nSPS) is 10.4. The molecule has 0 atom stereocenters. The van der Waals surface area contributed by atoms with Gasteiger partial charge in [-0.1, -0.05) is 11.3 Å². The van der Waals surface area contributed by atoms with E-state index in [4.69, 9.17) is 5.73 Å². The van der Waals surface area contributed by atoms with E-state index in [0.29, 0.717) is 23.7 Å². The molecule has 2 rings (SSSR count). The van der Waals surface area contributed by atoms with Gasteiger partial charge in [0.1, 0.15) is 10.0 Å². The lowest BCUT2D eigenvalue weighted by atomic mass is 10.2. The Balaban J connectivity index is 1.90. The highest BCUT2D eigenvalue weighted by Gasteiger charge is 2.11. The van der Waals surface area contributed by atoms with E-state index in [1.54, 1.807) is 18.3 Å². The molecule has 0 aliphatic carbocycles. The highest BCUT2D eigenvalue weighted by molar-refractivity contribution is 7.98. The molecule has 0 aromatic carbocycles. The molecule has 0 unspecified atom stereocenters. The molecule has 2 aromatic rings. The number of pyridine rings is 1. The van der Waals surface area contributed by atoms with Crippen LogP contribution < -0.4 is 11.1 Å². The van der Waals surface area contributed by atoms with Crippen molar-refractivity contribution in [3.8, 4) is 0 Å². The summed E-state index contributed by atoms with van der Waals surface area (Å²) in [5.74, 6) is -0.130. The maximum atomic E-state index is 12.0. The first kappa shape index (κ1) is 13.8. The van der Waals surface area contributed by atoms with Gasteiger partial charge in [-0.15, -0.1) is 22.0 Å². The van der Waals surface area contributed by atoms with Crippen molar-refractivity contribution in [2.24, 2.45) is 0 Å². The lowest BCUT2D eigenvalue weighted by molar-refractivity contribution is 0.0950. The number of anilines is 1. The van der Waals surface area contributed by atoms with Crippen LogP contribution in [0, 0.1) is 0 Å². The number of aromatic nitrogens is 3. The molecule has 0 bridgehead atoms. The molecule has 6 nitrogen and oxygen atoms in total. The van der Waals surface area contributed by atoms with Crippen LogP contribution in [-0.2, 0) is 6.42 Å². The Morgan fingerprint density at radius 1 is 1.53 bits per heavy atom. The molecule has 0 spiro atoms. The number of nitrogens with zero attached hydrogens (tertiary/aromatic N) is 3. The van der Waals surface area contributed by atoms with Crippen LogP contribution in [0.2, 0.25) is 0 Å². The summed E-state index contributed by atoms with van der Waals surface area (Å²) in [6, 6.07) is 3.51. The minimum absolute atomic E-state index is 0.130. The third kappa shape index (κ3) is 3.65. The summed E-state index contributed by atoms with van der Waals surface area (Å²) in [7, 11) is 0. The molecular formula is C11H13N5OS2. The summed E-state index contributed by atoms with van der Waals surface area (Å²) >= 11 is 2.78. The zero-order valence-electron chi connectivity index (χ0n) is 10.3. The van der Waals surface area contributed by atoms with E-state index in [1.165, 1.54) is 23.1 Å². The fourth-order valence-electron chi connectivity index (χ4n) is 1.47. The molecule has 0 saturated carbocycles. The summed E-state index contributed by atoms with van der Waals surface area (Å²) < 4.78 is 0. The number of thioether (sulfide) groups is 1. The van der Waals surface area contributed by atoms with Crippen molar-refractivity contribution in [1.29, 1.82) is 0 Å². The van der Waals surface area contributed by atoms with Gasteiger partial charge in [0, 0.05) is 19.2 Å². The first-order chi connectivity index (χ1) is 9.20. The number of hydrogen-bond donors (Lipinski definition) is 2. The highest BCUT2D eigenvalue weighted by Crippen LogP contribution is 2.16. The van der Waals surface area contributed by atoms with E-state index in [0.717, 1.165) is 10.0 Å². The maximum absolute atomic E-state index is 12.0. The average Bonchev–Trinajstić information content (AvgIpc) is 2.84. The van der Waals surface area contributed by atoms with Gasteiger partial charge >= 0.3 is 0 Å². The maximum Gasteiger partial charge on any atom is 0.254 e. The van der Waals surface area contributed by atoms with E-state index in [9.17, 15) is 4.79 Å². The molecule has 1 amide bonds. The Morgan fingerprint density at radius 3 is 3.05 bits per heavy atom. The van der Waals surface area contributed by atoms with Gasteiger partial charge in [0.25, 0.3) is 5.91 Å². The number of rotatable bonds is 5. The Hall–Kier alpha value is -1.67. The Labute approximate surface area is 118 Å². The van der Waals surface area contributed by atoms with Crippen molar-refractivity contribution in [1.82, 2.24) is 20.5 Å². The summed E-state index contributed by atoms with van der Waals surface area (Å²) in [6.45, 7) is 0.496. The predicted octanol–water partition coefficient (Wildman–Crippen LogP) is 1.21. The molecule has 2 heterocycles. The first-order valence-corrected chi connectivity index (χ1v) is 7.60. The van der Waals surface area contributed by atoms with Crippen molar-refractivity contribution in [2.75, 3.05) is 18.5 Å². The van der Waals surface area contributed by atoms with Crippen LogP contribution in [0.5, 0.6) is 0 Å². The van der Waals surface area contributed by atoms with Gasteiger partial charge < -0.3 is 11.1 Å². The lowest BCUT2D eigenvalue weighted by Gasteiger charge is -2.06. The molecule has 8 heteroatoms. The van der Waals surface area contributed by atoms with Crippen molar-refractivity contribution in [3.05, 3.63) is 28.9 Å². The predicted molar refractivity (Wildman–Crippen MR) is 76.4 cm³/mol. The van der Waals surface area contributed by atoms with Crippen LogP contribution in [0.25, 0.3) is 0 Å². The number of carbonyl (C=O) groups is 1. The third-order valence-electron chi connectivity index (χ3n) is 2.32. The SMILES string of the molecule is CSc1ncccc1C(=O)NCCc1nnc(N)s1. The Kier molecular flexibility index (Phi) is 4.69. The van der Waals surface area contributed by atoms with Crippen molar-refractivity contribution < 1.29 is 4.79 Å². The van der Waals surface area contributed by atoms with Gasteiger partial charge in [0.2, 0.25) is 5.13 Å². The zero-order valence-corrected chi connectivity index (χ0v) is 11.9. The summed E-state index contributed by atoms with van der Waals surface area (Å²) in [5, 5.41) is 12.4. The number of nitrogen functional groups attached to an aromatic ring is 1. The fraction of sp³-hybridized carbons (Fsp3) is 0.273. The number of nitrogens with two attached hydrogens (primary N) is 1. The van der Waals surface area contributed by atoms with E-state index in [-0.39, 0.29) is 5.91 Å². The largest absolute Gasteiger partial charge is 0.374 e. The number of hydrogen-bond acceptors (Lipinski definition) is 7. The topological polar surface area (TPSA) is 93.8 Å². The molecule has 0 saturated heterocycles. The van der Waals surface area contributed by atoms with Gasteiger partial charge in [-0.25, -0.2) is 4.98 Å². The van der Waals surface area contributed by atoms with Crippen LogP contribution in [0.3, 0.4) is 0 Å². The fourth-order valence-corrected chi connectivity index (χ4v) is 2.63. The third-order valence-corrected chi connectivity index (χ3v) is 3.84. The molecule has 0 aliphatic heterocycles. The molecule has 0 radical (unpaired) electrons. The zero-order chi connectivity index (χ0) is 13.7. The van der Waals surface area contributed by atoms with Gasteiger partial charge in [0.05, 0.1) is 5.56 Å². The Bertz CT molecular complexity index is 572. The molecule has 19 heavy (non-hydrogen) atoms. The van der Waals surface area contributed by atoms with Crippen LogP contribution in [0.1, 0.15) is 15.4 Å². The summed E-state index contributed by atoms with van der Waals surface area (Å²) in [5.41, 5.74) is 6.08. The minimum atomic E-state index is -0.130. The Morgan fingerprint density at radius 2 is 2.37 bits per heavy atom. The van der Waals surface area contributed by atoms with Crippen LogP contribution in [0.4, 0.5) is 5.13 Å². The molecule has 0 fully saturated rings. The molecule has 2 aromatic heterocycles. The molecular weight excluding hydrogens is 282 g/mol. The van der Waals surface area contributed by atoms with Gasteiger partial charge in [-0.05, 0) is 18.4 Å². The smallest absolute Gasteiger partial charge is 0.254 e. The lowest BCUT2D eigenvalue weighted by Crippen LogP contribution is -2.26. The van der Waals surface area contributed by atoms with Crippen LogP contribution >= 0.6 is 23.1 Å². The van der Waals surface area contributed by atoms with Crippen molar-refractivity contribution in [3.63, 3.8) is 0 Å².